The molecule has 0 amide bonds. The average Bonchev–Trinajstić information content (AvgIpc) is 2.58. The minimum absolute atomic E-state index is 0.0814. The molecule has 0 bridgehead atoms. The number of imidazole rings is 1. The Morgan fingerprint density at radius 3 is 2.79 bits per heavy atom. The van der Waals surface area contributed by atoms with E-state index < -0.39 is 0 Å². The molecule has 2 rings (SSSR count). The van der Waals surface area contributed by atoms with E-state index in [0.717, 1.165) is 16.9 Å². The van der Waals surface area contributed by atoms with Crippen LogP contribution in [0.15, 0.2) is 11.6 Å². The maximum Gasteiger partial charge on any atom is 0.194 e. The molecular formula is C10H12N2OS. The highest BCUT2D eigenvalue weighted by atomic mass is 32.1. The molecular weight excluding hydrogens is 196 g/mol. The van der Waals surface area contributed by atoms with Gasteiger partial charge in [-0.25, -0.2) is 4.98 Å². The first-order valence-electron chi connectivity index (χ1n) is 4.45. The van der Waals surface area contributed by atoms with Gasteiger partial charge >= 0.3 is 0 Å². The molecule has 3 nitrogen and oxygen atoms in total. The molecule has 14 heavy (non-hydrogen) atoms. The molecule has 4 heteroatoms. The summed E-state index contributed by atoms with van der Waals surface area (Å²) in [6, 6.07) is 0. The fourth-order valence-electron chi connectivity index (χ4n) is 1.47. The average molecular weight is 208 g/mol. The number of hydrogen-bond donors (Lipinski definition) is 0. The topological polar surface area (TPSA) is 34.4 Å². The maximum absolute atomic E-state index is 11.0. The molecule has 0 radical (unpaired) electrons. The second-order valence-electron chi connectivity index (χ2n) is 4.27. The minimum Gasteiger partial charge on any atom is -0.296 e. The number of carbonyl (C=O) groups is 1. The highest BCUT2D eigenvalue weighted by molar-refractivity contribution is 7.15. The number of aromatic nitrogens is 2. The molecule has 2 aromatic rings. The van der Waals surface area contributed by atoms with Gasteiger partial charge in [-0.3, -0.25) is 9.20 Å². The third-order valence-electron chi connectivity index (χ3n) is 2.12. The highest BCUT2D eigenvalue weighted by Gasteiger charge is 2.23. The minimum atomic E-state index is -0.0814. The van der Waals surface area contributed by atoms with Gasteiger partial charge in [-0.1, -0.05) is 20.8 Å². The van der Waals surface area contributed by atoms with E-state index in [0.29, 0.717) is 5.69 Å². The normalized spacial score (nSPS) is 12.2. The number of rotatable bonds is 1. The first-order chi connectivity index (χ1) is 6.54. The van der Waals surface area contributed by atoms with Crippen LogP contribution in [0, 0.1) is 0 Å². The quantitative estimate of drug-likeness (QED) is 0.675. The van der Waals surface area contributed by atoms with Crippen LogP contribution in [0.25, 0.3) is 4.96 Å². The summed E-state index contributed by atoms with van der Waals surface area (Å²) < 4.78 is 1.85. The van der Waals surface area contributed by atoms with Crippen LogP contribution < -0.4 is 0 Å². The molecule has 74 valence electrons. The van der Waals surface area contributed by atoms with Crippen molar-refractivity contribution in [3.05, 3.63) is 23.0 Å². The summed E-state index contributed by atoms with van der Waals surface area (Å²) in [5.74, 6) is 0. The fraction of sp³-hybridized carbons (Fsp3) is 0.400. The van der Waals surface area contributed by atoms with Gasteiger partial charge in [-0.2, -0.15) is 0 Å². The third kappa shape index (κ3) is 1.26. The first kappa shape index (κ1) is 9.40. The van der Waals surface area contributed by atoms with Gasteiger partial charge in [0.2, 0.25) is 0 Å². The first-order valence-corrected chi connectivity index (χ1v) is 5.33. The molecule has 0 N–H and O–H groups in total. The Kier molecular flexibility index (Phi) is 1.96. The molecule has 0 aromatic carbocycles. The van der Waals surface area contributed by atoms with Crippen molar-refractivity contribution in [2.24, 2.45) is 0 Å². The van der Waals surface area contributed by atoms with Crippen molar-refractivity contribution in [2.75, 3.05) is 0 Å². The van der Waals surface area contributed by atoms with Gasteiger partial charge in [-0.15, -0.1) is 11.3 Å². The lowest BCUT2D eigenvalue weighted by Crippen LogP contribution is -2.14. The molecule has 0 aliphatic heterocycles. The second kappa shape index (κ2) is 2.92. The van der Waals surface area contributed by atoms with Gasteiger partial charge in [0.25, 0.3) is 0 Å². The van der Waals surface area contributed by atoms with Gasteiger partial charge in [0.1, 0.15) is 5.69 Å². The number of nitrogens with zero attached hydrogens (tertiary/aromatic N) is 2. The van der Waals surface area contributed by atoms with Crippen molar-refractivity contribution >= 4 is 22.6 Å². The van der Waals surface area contributed by atoms with Crippen molar-refractivity contribution < 1.29 is 4.79 Å². The van der Waals surface area contributed by atoms with Crippen LogP contribution in [0.5, 0.6) is 0 Å². The Labute approximate surface area is 86.4 Å². The predicted octanol–water partition coefficient (Wildman–Crippen LogP) is 2.51. The van der Waals surface area contributed by atoms with Crippen LogP contribution in [-0.4, -0.2) is 15.7 Å². The molecule has 0 aliphatic rings. The molecule has 2 heterocycles. The Bertz CT molecular complexity index is 476. The van der Waals surface area contributed by atoms with E-state index in [2.05, 4.69) is 25.8 Å². The van der Waals surface area contributed by atoms with E-state index in [-0.39, 0.29) is 5.41 Å². The lowest BCUT2D eigenvalue weighted by Gasteiger charge is -2.15. The number of hydrogen-bond acceptors (Lipinski definition) is 3. The highest BCUT2D eigenvalue weighted by Crippen LogP contribution is 2.26. The summed E-state index contributed by atoms with van der Waals surface area (Å²) >= 11 is 1.55. The van der Waals surface area contributed by atoms with Crippen molar-refractivity contribution in [1.29, 1.82) is 0 Å². The zero-order valence-electron chi connectivity index (χ0n) is 8.44. The molecule has 2 aromatic heterocycles. The van der Waals surface area contributed by atoms with E-state index in [9.17, 15) is 4.79 Å². The van der Waals surface area contributed by atoms with Crippen molar-refractivity contribution in [2.45, 2.75) is 26.2 Å². The largest absolute Gasteiger partial charge is 0.296 e. The van der Waals surface area contributed by atoms with E-state index >= 15 is 0 Å². The SMILES string of the molecule is CC(C)(C)c1nc2sccn2c1C=O. The van der Waals surface area contributed by atoms with Gasteiger partial charge < -0.3 is 0 Å². The number of thiazole rings is 1. The van der Waals surface area contributed by atoms with Crippen molar-refractivity contribution in [1.82, 2.24) is 9.38 Å². The molecule has 0 aliphatic carbocycles. The zero-order valence-corrected chi connectivity index (χ0v) is 9.26. The Morgan fingerprint density at radius 2 is 2.21 bits per heavy atom. The Morgan fingerprint density at radius 1 is 1.50 bits per heavy atom. The fourth-order valence-corrected chi connectivity index (χ4v) is 2.19. The van der Waals surface area contributed by atoms with Crippen LogP contribution in [0.1, 0.15) is 37.0 Å². The second-order valence-corrected chi connectivity index (χ2v) is 5.14. The van der Waals surface area contributed by atoms with Crippen LogP contribution >= 0.6 is 11.3 Å². The Balaban J connectivity index is 2.76. The molecule has 0 unspecified atom stereocenters. The van der Waals surface area contributed by atoms with Crippen LogP contribution in [0.2, 0.25) is 0 Å². The molecule has 0 saturated heterocycles. The Hall–Kier alpha value is -1.16. The van der Waals surface area contributed by atoms with E-state index in [4.69, 9.17) is 0 Å². The van der Waals surface area contributed by atoms with Gasteiger partial charge in [-0.05, 0) is 0 Å². The number of aldehydes is 1. The predicted molar refractivity (Wildman–Crippen MR) is 57.2 cm³/mol. The molecule has 0 fully saturated rings. The van der Waals surface area contributed by atoms with Gasteiger partial charge in [0.15, 0.2) is 11.2 Å². The summed E-state index contributed by atoms with van der Waals surface area (Å²) in [4.78, 5) is 16.3. The monoisotopic (exact) mass is 208 g/mol. The van der Waals surface area contributed by atoms with E-state index in [1.165, 1.54) is 0 Å². The number of fused-ring (bicyclic) bond motifs is 1. The zero-order chi connectivity index (χ0) is 10.3. The molecule has 0 saturated carbocycles. The van der Waals surface area contributed by atoms with Crippen LogP contribution in [0.4, 0.5) is 0 Å². The van der Waals surface area contributed by atoms with Gasteiger partial charge in [0.05, 0.1) is 5.69 Å². The van der Waals surface area contributed by atoms with Crippen LogP contribution in [-0.2, 0) is 5.41 Å². The lowest BCUT2D eigenvalue weighted by molar-refractivity contribution is 0.111. The summed E-state index contributed by atoms with van der Waals surface area (Å²) in [6.07, 6.45) is 2.76. The summed E-state index contributed by atoms with van der Waals surface area (Å²) in [5, 5.41) is 1.93. The molecule has 0 spiro atoms. The number of carbonyl (C=O) groups excluding carboxylic acids is 1. The maximum atomic E-state index is 11.0. The van der Waals surface area contributed by atoms with Crippen LogP contribution in [0.3, 0.4) is 0 Å². The summed E-state index contributed by atoms with van der Waals surface area (Å²) in [6.45, 7) is 6.19. The van der Waals surface area contributed by atoms with Crippen molar-refractivity contribution in [3.8, 4) is 0 Å². The lowest BCUT2D eigenvalue weighted by atomic mass is 9.91. The summed E-state index contributed by atoms with van der Waals surface area (Å²) in [7, 11) is 0. The standard InChI is InChI=1S/C10H12N2OS/c1-10(2,3)8-7(6-13)12-4-5-14-9(12)11-8/h4-6H,1-3H3. The molecule has 0 atom stereocenters. The third-order valence-corrected chi connectivity index (χ3v) is 2.88. The summed E-state index contributed by atoms with van der Waals surface area (Å²) in [5.41, 5.74) is 1.47. The van der Waals surface area contributed by atoms with E-state index in [1.807, 2.05) is 16.0 Å². The van der Waals surface area contributed by atoms with Crippen molar-refractivity contribution in [3.63, 3.8) is 0 Å². The van der Waals surface area contributed by atoms with Gasteiger partial charge in [0, 0.05) is 17.0 Å². The van der Waals surface area contributed by atoms with E-state index in [1.54, 1.807) is 11.3 Å². The smallest absolute Gasteiger partial charge is 0.194 e.